The minimum atomic E-state index is -0.251. The van der Waals surface area contributed by atoms with Gasteiger partial charge in [-0.25, -0.2) is 0 Å². The molecule has 0 aromatic carbocycles. The maximum absolute atomic E-state index is 11.4. The molecular weight excluding hydrogens is 160 g/mol. The average molecular weight is 180 g/mol. The highest BCUT2D eigenvalue weighted by molar-refractivity contribution is 5.82. The molecule has 0 rings (SSSR count). The Balaban J connectivity index is 4.50. The number of Topliss-reactive ketones (excluding diaryl/α,β-unsaturated/α-hetero) is 1. The van der Waals surface area contributed by atoms with Crippen LogP contribution in [-0.2, 0) is 4.79 Å². The summed E-state index contributed by atoms with van der Waals surface area (Å²) in [4.78, 5) is 11.4. The van der Waals surface area contributed by atoms with E-state index in [4.69, 9.17) is 0 Å². The molecule has 0 bridgehead atoms. The molecule has 0 aliphatic carbocycles. The first-order chi connectivity index (χ1) is 5.92. The van der Waals surface area contributed by atoms with Gasteiger partial charge in [0.2, 0.25) is 0 Å². The van der Waals surface area contributed by atoms with Crippen LogP contribution in [0.5, 0.6) is 0 Å². The third-order valence-electron chi connectivity index (χ3n) is 2.41. The van der Waals surface area contributed by atoms with Crippen LogP contribution in [0.2, 0.25) is 0 Å². The molecule has 1 heteroatoms. The molecule has 0 fully saturated rings. The van der Waals surface area contributed by atoms with E-state index in [0.717, 1.165) is 12.8 Å². The SMILES string of the molecule is C=CCC(C)(CC=C(C)C)C(C)=O. The van der Waals surface area contributed by atoms with E-state index in [2.05, 4.69) is 26.5 Å². The van der Waals surface area contributed by atoms with Crippen LogP contribution in [0.15, 0.2) is 24.3 Å². The summed E-state index contributed by atoms with van der Waals surface area (Å²) >= 11 is 0. The predicted octanol–water partition coefficient (Wildman–Crippen LogP) is 3.51. The third-order valence-corrected chi connectivity index (χ3v) is 2.41. The number of allylic oxidation sites excluding steroid dienone is 3. The lowest BCUT2D eigenvalue weighted by Gasteiger charge is -2.23. The third kappa shape index (κ3) is 4.07. The fraction of sp³-hybridized carbons (Fsp3) is 0.583. The largest absolute Gasteiger partial charge is 0.299 e. The van der Waals surface area contributed by atoms with Crippen LogP contribution >= 0.6 is 0 Å². The van der Waals surface area contributed by atoms with Crippen molar-refractivity contribution in [2.45, 2.75) is 40.5 Å². The van der Waals surface area contributed by atoms with Gasteiger partial charge in [-0.05, 0) is 33.6 Å². The van der Waals surface area contributed by atoms with E-state index in [0.29, 0.717) is 0 Å². The zero-order valence-corrected chi connectivity index (χ0v) is 9.18. The van der Waals surface area contributed by atoms with E-state index in [1.807, 2.05) is 13.0 Å². The molecule has 74 valence electrons. The van der Waals surface area contributed by atoms with Crippen molar-refractivity contribution in [1.82, 2.24) is 0 Å². The first-order valence-electron chi connectivity index (χ1n) is 4.67. The fourth-order valence-corrected chi connectivity index (χ4v) is 1.12. The number of carbonyl (C=O) groups is 1. The van der Waals surface area contributed by atoms with Gasteiger partial charge in [0.05, 0.1) is 0 Å². The lowest BCUT2D eigenvalue weighted by atomic mass is 9.79. The van der Waals surface area contributed by atoms with Crippen molar-refractivity contribution >= 4 is 5.78 Å². The molecule has 0 radical (unpaired) electrons. The van der Waals surface area contributed by atoms with Gasteiger partial charge in [0.1, 0.15) is 5.78 Å². The summed E-state index contributed by atoms with van der Waals surface area (Å²) in [6.45, 7) is 11.4. The normalized spacial score (nSPS) is 14.5. The predicted molar refractivity (Wildman–Crippen MR) is 57.7 cm³/mol. The van der Waals surface area contributed by atoms with Crippen molar-refractivity contribution < 1.29 is 4.79 Å². The van der Waals surface area contributed by atoms with Crippen LogP contribution in [0.4, 0.5) is 0 Å². The summed E-state index contributed by atoms with van der Waals surface area (Å²) in [5.74, 6) is 0.241. The second-order valence-corrected chi connectivity index (χ2v) is 4.10. The van der Waals surface area contributed by atoms with Crippen LogP contribution < -0.4 is 0 Å². The molecule has 0 N–H and O–H groups in total. The van der Waals surface area contributed by atoms with Gasteiger partial charge in [0.25, 0.3) is 0 Å². The van der Waals surface area contributed by atoms with Crippen molar-refractivity contribution in [3.05, 3.63) is 24.3 Å². The maximum atomic E-state index is 11.4. The molecule has 0 saturated heterocycles. The highest BCUT2D eigenvalue weighted by Crippen LogP contribution is 2.28. The zero-order valence-electron chi connectivity index (χ0n) is 9.18. The molecule has 0 aliphatic heterocycles. The topological polar surface area (TPSA) is 17.1 Å². The van der Waals surface area contributed by atoms with E-state index in [1.54, 1.807) is 6.92 Å². The minimum absolute atomic E-state index is 0.241. The monoisotopic (exact) mass is 180 g/mol. The number of hydrogen-bond donors (Lipinski definition) is 0. The van der Waals surface area contributed by atoms with Gasteiger partial charge < -0.3 is 0 Å². The molecule has 1 unspecified atom stereocenters. The molecule has 0 aromatic rings. The number of carbonyl (C=O) groups excluding carboxylic acids is 1. The molecule has 0 saturated carbocycles. The lowest BCUT2D eigenvalue weighted by Crippen LogP contribution is -2.24. The van der Waals surface area contributed by atoms with E-state index in [-0.39, 0.29) is 11.2 Å². The summed E-state index contributed by atoms with van der Waals surface area (Å²) in [5, 5.41) is 0. The van der Waals surface area contributed by atoms with Crippen molar-refractivity contribution in [2.24, 2.45) is 5.41 Å². The molecule has 1 nitrogen and oxygen atoms in total. The van der Waals surface area contributed by atoms with Gasteiger partial charge in [-0.1, -0.05) is 24.6 Å². The van der Waals surface area contributed by atoms with Gasteiger partial charge >= 0.3 is 0 Å². The van der Waals surface area contributed by atoms with E-state index < -0.39 is 0 Å². The summed E-state index contributed by atoms with van der Waals surface area (Å²) < 4.78 is 0. The van der Waals surface area contributed by atoms with E-state index in [1.165, 1.54) is 5.57 Å². The molecule has 0 aliphatic rings. The minimum Gasteiger partial charge on any atom is -0.299 e. The van der Waals surface area contributed by atoms with Gasteiger partial charge in [-0.15, -0.1) is 6.58 Å². The highest BCUT2D eigenvalue weighted by Gasteiger charge is 2.26. The molecule has 0 aromatic heterocycles. The molecule has 0 spiro atoms. The molecular formula is C12H20O. The fourth-order valence-electron chi connectivity index (χ4n) is 1.12. The Morgan fingerprint density at radius 2 is 1.85 bits per heavy atom. The maximum Gasteiger partial charge on any atom is 0.136 e. The van der Waals surface area contributed by atoms with Gasteiger partial charge in [0.15, 0.2) is 0 Å². The summed E-state index contributed by atoms with van der Waals surface area (Å²) in [6.07, 6.45) is 5.51. The second kappa shape index (κ2) is 5.00. The quantitative estimate of drug-likeness (QED) is 0.592. The summed E-state index contributed by atoms with van der Waals surface area (Å²) in [7, 11) is 0. The van der Waals surface area contributed by atoms with Crippen molar-refractivity contribution in [1.29, 1.82) is 0 Å². The average Bonchev–Trinajstić information content (AvgIpc) is 2.01. The molecule has 1 atom stereocenters. The van der Waals surface area contributed by atoms with Gasteiger partial charge in [-0.2, -0.15) is 0 Å². The molecule has 13 heavy (non-hydrogen) atoms. The van der Waals surface area contributed by atoms with Crippen LogP contribution in [0.1, 0.15) is 40.5 Å². The Hall–Kier alpha value is -0.850. The Kier molecular flexibility index (Phi) is 4.68. The summed E-state index contributed by atoms with van der Waals surface area (Å²) in [6, 6.07) is 0. The standard InChI is InChI=1S/C12H20O/c1-6-8-12(5,11(4)13)9-7-10(2)3/h6-7H,1,8-9H2,2-5H3. The van der Waals surface area contributed by atoms with E-state index >= 15 is 0 Å². The highest BCUT2D eigenvalue weighted by atomic mass is 16.1. The van der Waals surface area contributed by atoms with Crippen LogP contribution in [0, 0.1) is 5.41 Å². The van der Waals surface area contributed by atoms with Crippen molar-refractivity contribution in [2.75, 3.05) is 0 Å². The number of rotatable bonds is 5. The van der Waals surface area contributed by atoms with Crippen molar-refractivity contribution in [3.8, 4) is 0 Å². The number of ketones is 1. The smallest absolute Gasteiger partial charge is 0.136 e. The summed E-state index contributed by atoms with van der Waals surface area (Å²) in [5.41, 5.74) is 1.01. The van der Waals surface area contributed by atoms with Gasteiger partial charge in [0, 0.05) is 5.41 Å². The number of hydrogen-bond acceptors (Lipinski definition) is 1. The first kappa shape index (κ1) is 12.2. The van der Waals surface area contributed by atoms with Crippen LogP contribution in [0.25, 0.3) is 0 Å². The van der Waals surface area contributed by atoms with Crippen LogP contribution in [-0.4, -0.2) is 5.78 Å². The Morgan fingerprint density at radius 3 is 2.15 bits per heavy atom. The lowest BCUT2D eigenvalue weighted by molar-refractivity contribution is -0.125. The molecule has 0 heterocycles. The molecule has 0 amide bonds. The Bertz CT molecular complexity index is 221. The van der Waals surface area contributed by atoms with Crippen molar-refractivity contribution in [3.63, 3.8) is 0 Å². The van der Waals surface area contributed by atoms with E-state index in [9.17, 15) is 4.79 Å². The van der Waals surface area contributed by atoms with Gasteiger partial charge in [-0.3, -0.25) is 4.79 Å². The second-order valence-electron chi connectivity index (χ2n) is 4.10. The zero-order chi connectivity index (χ0) is 10.5. The Morgan fingerprint density at radius 1 is 1.31 bits per heavy atom. The first-order valence-corrected chi connectivity index (χ1v) is 4.67. The Labute approximate surface area is 81.5 Å². The van der Waals surface area contributed by atoms with Crippen LogP contribution in [0.3, 0.4) is 0 Å².